The molecule has 1 atom stereocenters. The van der Waals surface area contributed by atoms with Crippen molar-refractivity contribution >= 4 is 8.32 Å². The van der Waals surface area contributed by atoms with Crippen molar-refractivity contribution < 1.29 is 9.16 Å². The van der Waals surface area contributed by atoms with E-state index in [-0.39, 0.29) is 0 Å². The molecule has 0 amide bonds. The van der Waals surface area contributed by atoms with Crippen LogP contribution in [-0.2, 0) is 9.16 Å². The predicted octanol–water partition coefficient (Wildman–Crippen LogP) is 1.52. The second kappa shape index (κ2) is 3.17. The quantitative estimate of drug-likeness (QED) is 0.613. The highest BCUT2D eigenvalue weighted by Gasteiger charge is 2.39. The largest absolute Gasteiger partial charge is 0.398 e. The van der Waals surface area contributed by atoms with Crippen LogP contribution in [0, 0.1) is 11.3 Å². The van der Waals surface area contributed by atoms with Crippen molar-refractivity contribution in [3.63, 3.8) is 0 Å². The van der Waals surface area contributed by atoms with Crippen molar-refractivity contribution in [2.24, 2.45) is 0 Å². The van der Waals surface area contributed by atoms with Crippen molar-refractivity contribution in [1.82, 2.24) is 0 Å². The first-order chi connectivity index (χ1) is 5.47. The highest BCUT2D eigenvalue weighted by molar-refractivity contribution is 6.69. The van der Waals surface area contributed by atoms with Crippen LogP contribution in [0.5, 0.6) is 0 Å². The molecule has 0 unspecified atom stereocenters. The average Bonchev–Trinajstić information content (AvgIpc) is 2.34. The third-order valence-electron chi connectivity index (χ3n) is 1.69. The molecular formula is C8H15NO2Si. The van der Waals surface area contributed by atoms with Gasteiger partial charge in [-0.3, -0.25) is 0 Å². The fraction of sp³-hybridized carbons (Fsp3) is 0.875. The molecule has 1 heterocycles. The fourth-order valence-electron chi connectivity index (χ4n) is 1.32. The molecule has 0 aromatic heterocycles. The Morgan fingerprint density at radius 3 is 2.50 bits per heavy atom. The van der Waals surface area contributed by atoms with Crippen molar-refractivity contribution in [3.05, 3.63) is 0 Å². The number of nitriles is 1. The Bertz CT molecular complexity index is 198. The smallest absolute Gasteiger partial charge is 0.186 e. The summed E-state index contributed by atoms with van der Waals surface area (Å²) in [5.74, 6) is 0. The summed E-state index contributed by atoms with van der Waals surface area (Å²) in [5.41, 5.74) is -0.634. The molecule has 0 aromatic rings. The van der Waals surface area contributed by atoms with Gasteiger partial charge in [0.15, 0.2) is 13.9 Å². The van der Waals surface area contributed by atoms with Crippen LogP contribution in [-0.4, -0.2) is 27.1 Å². The van der Waals surface area contributed by atoms with Gasteiger partial charge in [0.2, 0.25) is 0 Å². The first kappa shape index (κ1) is 9.71. The lowest BCUT2D eigenvalue weighted by Crippen LogP contribution is -2.42. The van der Waals surface area contributed by atoms with Crippen LogP contribution in [0.1, 0.15) is 6.42 Å². The lowest BCUT2D eigenvalue weighted by Gasteiger charge is -2.28. The van der Waals surface area contributed by atoms with E-state index in [4.69, 9.17) is 14.4 Å². The normalized spacial score (nSPS) is 30.2. The van der Waals surface area contributed by atoms with Crippen LogP contribution in [0.15, 0.2) is 0 Å². The topological polar surface area (TPSA) is 42.2 Å². The maximum Gasteiger partial charge on any atom is 0.186 e. The van der Waals surface area contributed by atoms with Crippen LogP contribution >= 0.6 is 0 Å². The zero-order valence-corrected chi connectivity index (χ0v) is 8.89. The SMILES string of the molecule is C[Si](C)(C)O[C@@]1(C#N)CCOC1. The molecule has 0 saturated carbocycles. The summed E-state index contributed by atoms with van der Waals surface area (Å²) in [6.45, 7) is 7.35. The maximum atomic E-state index is 8.95. The molecule has 3 nitrogen and oxygen atoms in total. The zero-order valence-electron chi connectivity index (χ0n) is 7.89. The van der Waals surface area contributed by atoms with E-state index in [9.17, 15) is 0 Å². The molecule has 0 spiro atoms. The first-order valence-corrected chi connectivity index (χ1v) is 7.57. The standard InChI is InChI=1S/C8H15NO2Si/c1-12(2,3)11-8(6-9)4-5-10-7-8/h4-5,7H2,1-3H3/t8-/m1/s1. The molecule has 12 heavy (non-hydrogen) atoms. The molecule has 0 N–H and O–H groups in total. The minimum Gasteiger partial charge on any atom is -0.398 e. The minimum absolute atomic E-state index is 0.438. The summed E-state index contributed by atoms with van der Waals surface area (Å²) in [6.07, 6.45) is 0.716. The van der Waals surface area contributed by atoms with E-state index in [1.807, 2.05) is 0 Å². The zero-order chi connectivity index (χ0) is 9.24. The minimum atomic E-state index is -1.62. The van der Waals surface area contributed by atoms with Gasteiger partial charge < -0.3 is 9.16 Å². The molecular weight excluding hydrogens is 170 g/mol. The molecule has 0 radical (unpaired) electrons. The second-order valence-corrected chi connectivity index (χ2v) is 8.55. The van der Waals surface area contributed by atoms with Gasteiger partial charge in [-0.1, -0.05) is 0 Å². The van der Waals surface area contributed by atoms with Crippen molar-refractivity contribution in [3.8, 4) is 6.07 Å². The van der Waals surface area contributed by atoms with Gasteiger partial charge in [-0.05, 0) is 19.6 Å². The Morgan fingerprint density at radius 1 is 1.50 bits per heavy atom. The third kappa shape index (κ3) is 2.31. The summed E-state index contributed by atoms with van der Waals surface area (Å²) in [7, 11) is -1.62. The Morgan fingerprint density at radius 2 is 2.17 bits per heavy atom. The van der Waals surface area contributed by atoms with E-state index in [1.165, 1.54) is 0 Å². The lowest BCUT2D eigenvalue weighted by atomic mass is 10.1. The predicted molar refractivity (Wildman–Crippen MR) is 48.2 cm³/mol. The second-order valence-electron chi connectivity index (χ2n) is 4.12. The maximum absolute atomic E-state index is 8.95. The number of ether oxygens (including phenoxy) is 1. The van der Waals surface area contributed by atoms with Gasteiger partial charge in [0, 0.05) is 6.42 Å². The summed E-state index contributed by atoms with van der Waals surface area (Å²) in [4.78, 5) is 0. The Hall–Kier alpha value is -0.373. The Kier molecular flexibility index (Phi) is 2.57. The van der Waals surface area contributed by atoms with E-state index in [2.05, 4.69) is 25.7 Å². The van der Waals surface area contributed by atoms with E-state index in [0.29, 0.717) is 19.6 Å². The van der Waals surface area contributed by atoms with Gasteiger partial charge in [-0.25, -0.2) is 0 Å². The number of hydrogen-bond acceptors (Lipinski definition) is 3. The number of rotatable bonds is 2. The molecule has 1 aliphatic heterocycles. The van der Waals surface area contributed by atoms with E-state index in [0.717, 1.165) is 0 Å². The fourth-order valence-corrected chi connectivity index (χ4v) is 2.70. The van der Waals surface area contributed by atoms with Crippen LogP contribution in [0.3, 0.4) is 0 Å². The molecule has 0 bridgehead atoms. The highest BCUT2D eigenvalue weighted by Crippen LogP contribution is 2.26. The monoisotopic (exact) mass is 185 g/mol. The summed E-state index contributed by atoms with van der Waals surface area (Å²) < 4.78 is 11.0. The highest BCUT2D eigenvalue weighted by atomic mass is 28.4. The van der Waals surface area contributed by atoms with Gasteiger partial charge in [-0.2, -0.15) is 5.26 Å². The Labute approximate surface area is 74.4 Å². The first-order valence-electron chi connectivity index (χ1n) is 4.17. The molecule has 68 valence electrons. The summed E-state index contributed by atoms with van der Waals surface area (Å²) >= 11 is 0. The molecule has 1 aliphatic rings. The summed E-state index contributed by atoms with van der Waals surface area (Å²) in [6, 6.07) is 2.22. The van der Waals surface area contributed by atoms with Crippen molar-refractivity contribution in [1.29, 1.82) is 5.26 Å². The summed E-state index contributed by atoms with van der Waals surface area (Å²) in [5, 5.41) is 8.95. The van der Waals surface area contributed by atoms with Gasteiger partial charge >= 0.3 is 0 Å². The van der Waals surface area contributed by atoms with E-state index < -0.39 is 13.9 Å². The van der Waals surface area contributed by atoms with Gasteiger partial charge in [0.05, 0.1) is 19.3 Å². The van der Waals surface area contributed by atoms with Crippen LogP contribution < -0.4 is 0 Å². The Balaban J connectivity index is 2.64. The van der Waals surface area contributed by atoms with Gasteiger partial charge in [0.1, 0.15) is 0 Å². The van der Waals surface area contributed by atoms with E-state index >= 15 is 0 Å². The van der Waals surface area contributed by atoms with Crippen LogP contribution in [0.2, 0.25) is 19.6 Å². The molecule has 0 aliphatic carbocycles. The van der Waals surface area contributed by atoms with Crippen LogP contribution in [0.4, 0.5) is 0 Å². The van der Waals surface area contributed by atoms with Crippen molar-refractivity contribution in [2.45, 2.75) is 31.7 Å². The van der Waals surface area contributed by atoms with Crippen molar-refractivity contribution in [2.75, 3.05) is 13.2 Å². The van der Waals surface area contributed by atoms with Gasteiger partial charge in [0.25, 0.3) is 0 Å². The molecule has 1 saturated heterocycles. The van der Waals surface area contributed by atoms with Crippen LogP contribution in [0.25, 0.3) is 0 Å². The van der Waals surface area contributed by atoms with E-state index in [1.54, 1.807) is 0 Å². The third-order valence-corrected chi connectivity index (χ3v) is 2.69. The average molecular weight is 185 g/mol. The molecule has 1 fully saturated rings. The molecule has 4 heteroatoms. The lowest BCUT2D eigenvalue weighted by molar-refractivity contribution is 0.0897. The number of hydrogen-bond donors (Lipinski definition) is 0. The van der Waals surface area contributed by atoms with Gasteiger partial charge in [-0.15, -0.1) is 0 Å². The molecule has 1 rings (SSSR count). The molecule has 0 aromatic carbocycles. The number of nitrogens with zero attached hydrogens (tertiary/aromatic N) is 1.